The van der Waals surface area contributed by atoms with Crippen LogP contribution in [0.2, 0.25) is 0 Å². The van der Waals surface area contributed by atoms with E-state index in [0.717, 1.165) is 18.8 Å². The summed E-state index contributed by atoms with van der Waals surface area (Å²) in [6.45, 7) is 8.53. The lowest BCUT2D eigenvalue weighted by Crippen LogP contribution is -2.26. The van der Waals surface area contributed by atoms with Crippen molar-refractivity contribution in [2.24, 2.45) is 11.0 Å². The van der Waals surface area contributed by atoms with Gasteiger partial charge in [0, 0.05) is 6.04 Å². The van der Waals surface area contributed by atoms with Crippen LogP contribution in [0, 0.1) is 5.92 Å². The first-order valence-corrected chi connectivity index (χ1v) is 9.91. The van der Waals surface area contributed by atoms with E-state index >= 15 is 0 Å². The largest absolute Gasteiger partial charge is 0.307 e. The van der Waals surface area contributed by atoms with Crippen molar-refractivity contribution in [1.29, 1.82) is 0 Å². The van der Waals surface area contributed by atoms with Crippen LogP contribution in [0.1, 0.15) is 65.2 Å². The van der Waals surface area contributed by atoms with Crippen molar-refractivity contribution in [3.63, 3.8) is 0 Å². The molecule has 1 atom stereocenters. The van der Waals surface area contributed by atoms with Gasteiger partial charge in [-0.2, -0.15) is 5.10 Å². The molecule has 0 heterocycles. The molecule has 136 valence electrons. The Labute approximate surface area is 154 Å². The second-order valence-electron chi connectivity index (χ2n) is 7.31. The second kappa shape index (κ2) is 10.9. The van der Waals surface area contributed by atoms with Gasteiger partial charge in [0.1, 0.15) is 0 Å². The van der Waals surface area contributed by atoms with Gasteiger partial charge in [-0.05, 0) is 48.3 Å². The van der Waals surface area contributed by atoms with Gasteiger partial charge < -0.3 is 5.43 Å². The van der Waals surface area contributed by atoms with Crippen LogP contribution in [0.3, 0.4) is 0 Å². The maximum atomic E-state index is 4.48. The smallest absolute Gasteiger partial charge is 0.0503 e. The molecule has 0 aliphatic heterocycles. The van der Waals surface area contributed by atoms with Crippen LogP contribution in [0.15, 0.2) is 64.9 Å². The van der Waals surface area contributed by atoms with E-state index in [1.165, 1.54) is 55.2 Å². The first-order chi connectivity index (χ1) is 12.2. The number of hydrogen-bond donors (Lipinski definition) is 1. The van der Waals surface area contributed by atoms with Crippen molar-refractivity contribution in [1.82, 2.24) is 5.43 Å². The normalized spacial score (nSPS) is 20.8. The van der Waals surface area contributed by atoms with Gasteiger partial charge in [0.25, 0.3) is 0 Å². The van der Waals surface area contributed by atoms with Crippen LogP contribution in [-0.4, -0.2) is 12.3 Å². The molecule has 2 aliphatic carbocycles. The standard InChI is InChI=1S/C23H34N2/c1-4-19(3)14-16-21(5-2)22-11-9-10-20(15-17-22)18-24-25-23-12-7-6-8-13-23/h5,9,11,15-19,23,25H,2,4,6-8,10,12-14H2,1,3H3/b21-16+,24-18-/t19-/m1/s1. The molecule has 1 fully saturated rings. The SMILES string of the molecule is C=C/C(=C\C[C@H](C)CC)C1=CC=C(/C=N\NC2CCCCC2)CC=C1. The molecule has 0 saturated heterocycles. The summed E-state index contributed by atoms with van der Waals surface area (Å²) in [4.78, 5) is 0. The zero-order valence-electron chi connectivity index (χ0n) is 16.0. The summed E-state index contributed by atoms with van der Waals surface area (Å²) in [6, 6.07) is 0.564. The molecule has 1 N–H and O–H groups in total. The summed E-state index contributed by atoms with van der Waals surface area (Å²) in [6.07, 6.45) is 24.8. The average Bonchev–Trinajstić information content (AvgIpc) is 2.89. The molecule has 1 saturated carbocycles. The number of nitrogens with zero attached hydrogens (tertiary/aromatic N) is 1. The molecule has 0 bridgehead atoms. The van der Waals surface area contributed by atoms with Crippen LogP contribution in [0.4, 0.5) is 0 Å². The number of hydrogen-bond acceptors (Lipinski definition) is 2. The van der Waals surface area contributed by atoms with E-state index in [2.05, 4.69) is 61.3 Å². The molecular weight excluding hydrogens is 304 g/mol. The van der Waals surface area contributed by atoms with Gasteiger partial charge in [0.2, 0.25) is 0 Å². The van der Waals surface area contributed by atoms with E-state index in [1.807, 2.05) is 12.3 Å². The zero-order chi connectivity index (χ0) is 17.9. The molecule has 2 aliphatic rings. The molecule has 0 aromatic heterocycles. The van der Waals surface area contributed by atoms with Gasteiger partial charge in [-0.1, -0.05) is 82.6 Å². The van der Waals surface area contributed by atoms with Gasteiger partial charge in [-0.3, -0.25) is 0 Å². The molecule has 0 unspecified atom stereocenters. The van der Waals surface area contributed by atoms with E-state index in [1.54, 1.807) is 0 Å². The predicted molar refractivity (Wildman–Crippen MR) is 111 cm³/mol. The molecule has 2 rings (SSSR count). The minimum absolute atomic E-state index is 0.564. The minimum atomic E-state index is 0.564. The summed E-state index contributed by atoms with van der Waals surface area (Å²) in [5, 5.41) is 4.48. The van der Waals surface area contributed by atoms with Gasteiger partial charge in [-0.25, -0.2) is 0 Å². The van der Waals surface area contributed by atoms with Crippen molar-refractivity contribution >= 4 is 6.21 Å². The molecule has 2 heteroatoms. The monoisotopic (exact) mass is 338 g/mol. The first kappa shape index (κ1) is 19.5. The molecular formula is C23H34N2. The van der Waals surface area contributed by atoms with E-state index in [9.17, 15) is 0 Å². The average molecular weight is 339 g/mol. The third kappa shape index (κ3) is 6.89. The lowest BCUT2D eigenvalue weighted by atomic mass is 9.96. The van der Waals surface area contributed by atoms with Gasteiger partial charge in [0.15, 0.2) is 0 Å². The molecule has 0 amide bonds. The van der Waals surface area contributed by atoms with Crippen molar-refractivity contribution in [3.8, 4) is 0 Å². The Kier molecular flexibility index (Phi) is 8.51. The number of hydrazone groups is 1. The van der Waals surface area contributed by atoms with E-state index in [4.69, 9.17) is 0 Å². The van der Waals surface area contributed by atoms with Crippen LogP contribution in [-0.2, 0) is 0 Å². The molecule has 0 spiro atoms. The summed E-state index contributed by atoms with van der Waals surface area (Å²) in [5.74, 6) is 0.717. The lowest BCUT2D eigenvalue weighted by molar-refractivity contribution is 0.381. The Hall–Kier alpha value is -1.83. The van der Waals surface area contributed by atoms with Crippen molar-refractivity contribution in [2.45, 2.75) is 71.3 Å². The number of nitrogens with one attached hydrogen (secondary N) is 1. The van der Waals surface area contributed by atoms with Crippen LogP contribution >= 0.6 is 0 Å². The van der Waals surface area contributed by atoms with Gasteiger partial charge in [0.05, 0.1) is 6.21 Å². The van der Waals surface area contributed by atoms with Gasteiger partial charge >= 0.3 is 0 Å². The molecule has 2 nitrogen and oxygen atoms in total. The van der Waals surface area contributed by atoms with Crippen molar-refractivity contribution in [2.75, 3.05) is 0 Å². The van der Waals surface area contributed by atoms with Crippen LogP contribution < -0.4 is 5.43 Å². The zero-order valence-corrected chi connectivity index (χ0v) is 16.0. The van der Waals surface area contributed by atoms with Crippen molar-refractivity contribution < 1.29 is 0 Å². The summed E-state index contributed by atoms with van der Waals surface area (Å²) in [7, 11) is 0. The fourth-order valence-electron chi connectivity index (χ4n) is 3.20. The Morgan fingerprint density at radius 2 is 2.12 bits per heavy atom. The summed E-state index contributed by atoms with van der Waals surface area (Å²) >= 11 is 0. The Morgan fingerprint density at radius 1 is 1.32 bits per heavy atom. The maximum Gasteiger partial charge on any atom is 0.0503 e. The van der Waals surface area contributed by atoms with Crippen molar-refractivity contribution in [3.05, 3.63) is 59.8 Å². The van der Waals surface area contributed by atoms with E-state index in [-0.39, 0.29) is 0 Å². The van der Waals surface area contributed by atoms with Crippen LogP contribution in [0.25, 0.3) is 0 Å². The number of rotatable bonds is 8. The number of allylic oxidation sites excluding steroid dienone is 9. The molecule has 0 radical (unpaired) electrons. The maximum absolute atomic E-state index is 4.48. The molecule has 0 aromatic rings. The van der Waals surface area contributed by atoms with Gasteiger partial charge in [-0.15, -0.1) is 0 Å². The first-order valence-electron chi connectivity index (χ1n) is 9.91. The highest BCUT2D eigenvalue weighted by Crippen LogP contribution is 2.21. The van der Waals surface area contributed by atoms with E-state index < -0.39 is 0 Å². The third-order valence-corrected chi connectivity index (χ3v) is 5.21. The Bertz CT molecular complexity index is 569. The third-order valence-electron chi connectivity index (χ3n) is 5.21. The predicted octanol–water partition coefficient (Wildman–Crippen LogP) is 6.26. The highest BCUT2D eigenvalue weighted by molar-refractivity contribution is 5.79. The Morgan fingerprint density at radius 3 is 2.84 bits per heavy atom. The highest BCUT2D eigenvalue weighted by Gasteiger charge is 2.11. The fourth-order valence-corrected chi connectivity index (χ4v) is 3.20. The fraction of sp³-hybridized carbons (Fsp3) is 0.522. The second-order valence-corrected chi connectivity index (χ2v) is 7.31. The highest BCUT2D eigenvalue weighted by atomic mass is 15.3. The molecule has 0 aromatic carbocycles. The Balaban J connectivity index is 1.96. The lowest BCUT2D eigenvalue weighted by Gasteiger charge is -2.20. The molecule has 25 heavy (non-hydrogen) atoms. The van der Waals surface area contributed by atoms with Crippen LogP contribution in [0.5, 0.6) is 0 Å². The quantitative estimate of drug-likeness (QED) is 0.315. The topological polar surface area (TPSA) is 24.4 Å². The minimum Gasteiger partial charge on any atom is -0.307 e. The summed E-state index contributed by atoms with van der Waals surface area (Å²) < 4.78 is 0. The summed E-state index contributed by atoms with van der Waals surface area (Å²) in [5.41, 5.74) is 7.03. The van der Waals surface area contributed by atoms with E-state index in [0.29, 0.717) is 6.04 Å².